The molecule has 1 heterocycles. The molecule has 0 saturated heterocycles. The third kappa shape index (κ3) is 6.26. The van der Waals surface area contributed by atoms with Crippen LogP contribution in [0.4, 0.5) is 5.69 Å². The molecule has 34 heavy (non-hydrogen) atoms. The van der Waals surface area contributed by atoms with Crippen LogP contribution in [0.1, 0.15) is 41.9 Å². The van der Waals surface area contributed by atoms with E-state index in [9.17, 15) is 9.59 Å². The molecule has 2 amide bonds. The number of nitrogens with one attached hydrogen (secondary N) is 2. The zero-order valence-corrected chi connectivity index (χ0v) is 19.7. The van der Waals surface area contributed by atoms with Crippen molar-refractivity contribution in [1.29, 1.82) is 0 Å². The van der Waals surface area contributed by atoms with E-state index >= 15 is 0 Å². The van der Waals surface area contributed by atoms with E-state index in [0.29, 0.717) is 22.8 Å². The van der Waals surface area contributed by atoms with Gasteiger partial charge in [-0.25, -0.2) is 0 Å². The number of aryl methyl sites for hydroxylation is 2. The highest BCUT2D eigenvalue weighted by atomic mass is 32.1. The fourth-order valence-electron chi connectivity index (χ4n) is 3.21. The summed E-state index contributed by atoms with van der Waals surface area (Å²) in [5, 5.41) is 14.5. The average molecular weight is 473 g/mol. The standard InChI is InChI=1S/C26H24N4O3S/c1-17-9-11-22(12-10-17)33-16-23-29-30-26(34-23)25(32)28-21-8-4-7-20(14-21)24(31)27-15-19-6-3-5-18(2)13-19/h3-14H,15-16H2,1-2H3,(H,27,31)(H,28,32). The number of aromatic nitrogens is 2. The quantitative estimate of drug-likeness (QED) is 0.380. The maximum atomic E-state index is 12.6. The summed E-state index contributed by atoms with van der Waals surface area (Å²) in [4.78, 5) is 25.2. The first-order valence-electron chi connectivity index (χ1n) is 10.7. The highest BCUT2D eigenvalue weighted by molar-refractivity contribution is 7.13. The van der Waals surface area contributed by atoms with Crippen molar-refractivity contribution in [2.75, 3.05) is 5.32 Å². The molecule has 7 nitrogen and oxygen atoms in total. The average Bonchev–Trinajstić information content (AvgIpc) is 3.32. The third-order valence-electron chi connectivity index (χ3n) is 4.96. The highest BCUT2D eigenvalue weighted by Crippen LogP contribution is 2.18. The van der Waals surface area contributed by atoms with E-state index in [1.54, 1.807) is 24.3 Å². The Labute approximate surface area is 201 Å². The van der Waals surface area contributed by atoms with Gasteiger partial charge in [0.1, 0.15) is 12.4 Å². The van der Waals surface area contributed by atoms with Crippen LogP contribution < -0.4 is 15.4 Å². The van der Waals surface area contributed by atoms with E-state index in [4.69, 9.17) is 4.74 Å². The molecule has 0 unspecified atom stereocenters. The number of nitrogens with zero attached hydrogens (tertiary/aromatic N) is 2. The van der Waals surface area contributed by atoms with Crippen LogP contribution in [0.2, 0.25) is 0 Å². The number of hydrogen-bond donors (Lipinski definition) is 2. The molecule has 8 heteroatoms. The Kier molecular flexibility index (Phi) is 7.29. The van der Waals surface area contributed by atoms with E-state index in [2.05, 4.69) is 20.8 Å². The monoisotopic (exact) mass is 472 g/mol. The van der Waals surface area contributed by atoms with E-state index < -0.39 is 5.91 Å². The molecule has 0 saturated carbocycles. The first-order valence-corrected chi connectivity index (χ1v) is 11.5. The summed E-state index contributed by atoms with van der Waals surface area (Å²) in [6, 6.07) is 22.4. The first kappa shape index (κ1) is 23.1. The molecule has 0 aliphatic rings. The van der Waals surface area contributed by atoms with E-state index in [1.165, 1.54) is 0 Å². The molecule has 0 radical (unpaired) electrons. The van der Waals surface area contributed by atoms with Crippen LogP contribution in [-0.4, -0.2) is 22.0 Å². The highest BCUT2D eigenvalue weighted by Gasteiger charge is 2.15. The molecule has 0 spiro atoms. The Morgan fingerprint density at radius 1 is 0.882 bits per heavy atom. The first-order chi connectivity index (χ1) is 16.5. The molecular weight excluding hydrogens is 448 g/mol. The van der Waals surface area contributed by atoms with Crippen molar-refractivity contribution in [3.8, 4) is 5.75 Å². The summed E-state index contributed by atoms with van der Waals surface area (Å²) < 4.78 is 5.69. The number of amides is 2. The molecule has 0 bridgehead atoms. The Morgan fingerprint density at radius 2 is 1.68 bits per heavy atom. The molecular formula is C26H24N4O3S. The van der Waals surface area contributed by atoms with Gasteiger partial charge < -0.3 is 15.4 Å². The molecule has 3 aromatic carbocycles. The van der Waals surface area contributed by atoms with Crippen molar-refractivity contribution in [3.63, 3.8) is 0 Å². The molecule has 0 atom stereocenters. The van der Waals surface area contributed by atoms with Crippen molar-refractivity contribution in [2.24, 2.45) is 0 Å². The number of hydrogen-bond acceptors (Lipinski definition) is 6. The van der Waals surface area contributed by atoms with Crippen LogP contribution >= 0.6 is 11.3 Å². The van der Waals surface area contributed by atoms with Gasteiger partial charge in [-0.3, -0.25) is 9.59 Å². The van der Waals surface area contributed by atoms with Crippen molar-refractivity contribution in [2.45, 2.75) is 27.0 Å². The molecule has 2 N–H and O–H groups in total. The Balaban J connectivity index is 1.33. The second kappa shape index (κ2) is 10.7. The molecule has 4 rings (SSSR count). The summed E-state index contributed by atoms with van der Waals surface area (Å²) in [5.74, 6) is 0.116. The maximum Gasteiger partial charge on any atom is 0.286 e. The number of rotatable bonds is 8. The predicted octanol–water partition coefficient (Wildman–Crippen LogP) is 4.92. The van der Waals surface area contributed by atoms with Gasteiger partial charge in [-0.15, -0.1) is 10.2 Å². The van der Waals surface area contributed by atoms with Crippen LogP contribution in [-0.2, 0) is 13.2 Å². The lowest BCUT2D eigenvalue weighted by atomic mass is 10.1. The van der Waals surface area contributed by atoms with Crippen molar-refractivity contribution in [3.05, 3.63) is 105 Å². The molecule has 1 aromatic heterocycles. The minimum absolute atomic E-state index is 0.218. The Hall–Kier alpha value is -4.04. The zero-order chi connectivity index (χ0) is 23.9. The van der Waals surface area contributed by atoms with E-state index in [-0.39, 0.29) is 17.5 Å². The van der Waals surface area contributed by atoms with Crippen molar-refractivity contribution < 1.29 is 14.3 Å². The largest absolute Gasteiger partial charge is 0.486 e. The smallest absolute Gasteiger partial charge is 0.286 e. The van der Waals surface area contributed by atoms with Crippen molar-refractivity contribution >= 4 is 28.8 Å². The molecule has 0 aliphatic heterocycles. The van der Waals surface area contributed by atoms with Gasteiger partial charge in [0.25, 0.3) is 11.8 Å². The number of carbonyl (C=O) groups is 2. The topological polar surface area (TPSA) is 93.2 Å². The summed E-state index contributed by atoms with van der Waals surface area (Å²) in [6.07, 6.45) is 0. The number of benzene rings is 3. The van der Waals surface area contributed by atoms with Crippen LogP contribution in [0, 0.1) is 13.8 Å². The summed E-state index contributed by atoms with van der Waals surface area (Å²) in [5.41, 5.74) is 4.26. The van der Waals surface area contributed by atoms with Crippen LogP contribution in [0.3, 0.4) is 0 Å². The van der Waals surface area contributed by atoms with Crippen LogP contribution in [0.25, 0.3) is 0 Å². The number of carbonyl (C=O) groups excluding carboxylic acids is 2. The number of ether oxygens (including phenoxy) is 1. The van der Waals surface area contributed by atoms with Gasteiger partial charge >= 0.3 is 0 Å². The lowest BCUT2D eigenvalue weighted by Crippen LogP contribution is -2.23. The summed E-state index contributed by atoms with van der Waals surface area (Å²) in [6.45, 7) is 4.67. The van der Waals surface area contributed by atoms with E-state index in [0.717, 1.165) is 33.8 Å². The van der Waals surface area contributed by atoms with Crippen molar-refractivity contribution in [1.82, 2.24) is 15.5 Å². The summed E-state index contributed by atoms with van der Waals surface area (Å²) >= 11 is 1.16. The van der Waals surface area contributed by atoms with E-state index in [1.807, 2.05) is 62.4 Å². The number of anilines is 1. The molecule has 0 fully saturated rings. The van der Waals surface area contributed by atoms with Gasteiger partial charge in [-0.05, 0) is 49.7 Å². The zero-order valence-electron chi connectivity index (χ0n) is 18.9. The Bertz CT molecular complexity index is 1300. The van der Waals surface area contributed by atoms with Gasteiger partial charge in [-0.1, -0.05) is 64.9 Å². The van der Waals surface area contributed by atoms with Gasteiger partial charge in [-0.2, -0.15) is 0 Å². The predicted molar refractivity (Wildman–Crippen MR) is 132 cm³/mol. The second-order valence-corrected chi connectivity index (χ2v) is 8.87. The van der Waals surface area contributed by atoms with Gasteiger partial charge in [0.05, 0.1) is 0 Å². The minimum atomic E-state index is -0.392. The van der Waals surface area contributed by atoms with Crippen LogP contribution in [0.15, 0.2) is 72.8 Å². The molecule has 0 aliphatic carbocycles. The van der Waals surface area contributed by atoms with Gasteiger partial charge in [0.2, 0.25) is 5.01 Å². The maximum absolute atomic E-state index is 12.6. The van der Waals surface area contributed by atoms with Gasteiger partial charge in [0, 0.05) is 17.8 Å². The fraction of sp³-hybridized carbons (Fsp3) is 0.154. The SMILES string of the molecule is Cc1ccc(OCc2nnc(C(=O)Nc3cccc(C(=O)NCc4cccc(C)c4)c3)s2)cc1. The Morgan fingerprint density at radius 3 is 2.47 bits per heavy atom. The second-order valence-electron chi connectivity index (χ2n) is 7.81. The lowest BCUT2D eigenvalue weighted by Gasteiger charge is -2.08. The summed E-state index contributed by atoms with van der Waals surface area (Å²) in [7, 11) is 0. The minimum Gasteiger partial charge on any atom is -0.486 e. The lowest BCUT2D eigenvalue weighted by molar-refractivity contribution is 0.0949. The molecule has 172 valence electrons. The van der Waals surface area contributed by atoms with Crippen LogP contribution in [0.5, 0.6) is 5.75 Å². The third-order valence-corrected chi connectivity index (χ3v) is 5.86. The normalized spacial score (nSPS) is 10.5. The fourth-order valence-corrected chi connectivity index (χ4v) is 3.86. The molecule has 4 aromatic rings. The van der Waals surface area contributed by atoms with Gasteiger partial charge in [0.15, 0.2) is 5.01 Å².